The van der Waals surface area contributed by atoms with Crippen LogP contribution in [0.2, 0.25) is 5.15 Å². The van der Waals surface area contributed by atoms with Crippen LogP contribution in [-0.2, 0) is 6.54 Å². The molecule has 5 aromatic rings. The Kier molecular flexibility index (Phi) is 6.08. The lowest BCUT2D eigenvalue weighted by molar-refractivity contribution is 0.0949. The third kappa shape index (κ3) is 4.67. The number of aryl methyl sites for hydroxylation is 1. The number of hydrogen-bond donors (Lipinski definition) is 1. The first-order valence-corrected chi connectivity index (χ1v) is 11.3. The molecule has 35 heavy (non-hydrogen) atoms. The van der Waals surface area contributed by atoms with E-state index < -0.39 is 5.91 Å². The summed E-state index contributed by atoms with van der Waals surface area (Å²) >= 11 is 6.32. The second-order valence-electron chi connectivity index (χ2n) is 8.11. The molecule has 3 aromatic carbocycles. The maximum Gasteiger partial charge on any atom is 0.292 e. The SMILES string of the molecule is Cc1ccc2cc(/C=N\NC(=O)c3nn(Cc4ccccc4)c(=O)c4ccccc34)c(Cl)nc2c1. The average Bonchev–Trinajstić information content (AvgIpc) is 2.86. The molecule has 0 unspecified atom stereocenters. The van der Waals surface area contributed by atoms with Gasteiger partial charge in [0.15, 0.2) is 5.69 Å². The summed E-state index contributed by atoms with van der Waals surface area (Å²) in [6, 6.07) is 24.1. The van der Waals surface area contributed by atoms with Crippen molar-refractivity contribution in [1.82, 2.24) is 20.2 Å². The molecule has 0 aliphatic rings. The van der Waals surface area contributed by atoms with Crippen molar-refractivity contribution in [1.29, 1.82) is 0 Å². The smallest absolute Gasteiger partial charge is 0.267 e. The maximum absolute atomic E-state index is 13.0. The number of halogens is 1. The Bertz CT molecular complexity index is 1660. The highest BCUT2D eigenvalue weighted by Crippen LogP contribution is 2.20. The minimum atomic E-state index is -0.542. The molecule has 1 N–H and O–H groups in total. The zero-order valence-electron chi connectivity index (χ0n) is 18.8. The van der Waals surface area contributed by atoms with Crippen LogP contribution in [0.15, 0.2) is 88.8 Å². The van der Waals surface area contributed by atoms with Gasteiger partial charge in [-0.1, -0.05) is 72.3 Å². The fraction of sp³-hybridized carbons (Fsp3) is 0.0741. The molecular formula is C27H20ClN5O2. The third-order valence-electron chi connectivity index (χ3n) is 5.58. The molecule has 0 aliphatic heterocycles. The van der Waals surface area contributed by atoms with Crippen molar-refractivity contribution >= 4 is 45.4 Å². The zero-order valence-corrected chi connectivity index (χ0v) is 19.5. The Morgan fingerprint density at radius 2 is 1.77 bits per heavy atom. The van der Waals surface area contributed by atoms with Crippen molar-refractivity contribution < 1.29 is 4.79 Å². The normalized spacial score (nSPS) is 11.4. The highest BCUT2D eigenvalue weighted by atomic mass is 35.5. The molecule has 0 spiro atoms. The minimum absolute atomic E-state index is 0.103. The second kappa shape index (κ2) is 9.48. The zero-order chi connectivity index (χ0) is 24.4. The van der Waals surface area contributed by atoms with Crippen LogP contribution < -0.4 is 11.0 Å². The summed E-state index contributed by atoms with van der Waals surface area (Å²) in [4.78, 5) is 30.4. The van der Waals surface area contributed by atoms with E-state index >= 15 is 0 Å². The lowest BCUT2D eigenvalue weighted by Crippen LogP contribution is -2.29. The molecular weight excluding hydrogens is 462 g/mol. The highest BCUT2D eigenvalue weighted by molar-refractivity contribution is 6.32. The van der Waals surface area contributed by atoms with Gasteiger partial charge in [-0.25, -0.2) is 15.1 Å². The van der Waals surface area contributed by atoms with Gasteiger partial charge in [0, 0.05) is 16.3 Å². The lowest BCUT2D eigenvalue weighted by Gasteiger charge is -2.10. The minimum Gasteiger partial charge on any atom is -0.267 e. The number of fused-ring (bicyclic) bond motifs is 2. The van der Waals surface area contributed by atoms with Gasteiger partial charge in [0.25, 0.3) is 11.5 Å². The summed E-state index contributed by atoms with van der Waals surface area (Å²) < 4.78 is 1.29. The van der Waals surface area contributed by atoms with Crippen LogP contribution in [0.5, 0.6) is 0 Å². The van der Waals surface area contributed by atoms with E-state index in [2.05, 4.69) is 20.6 Å². The maximum atomic E-state index is 13.0. The summed E-state index contributed by atoms with van der Waals surface area (Å²) in [6.07, 6.45) is 1.44. The topological polar surface area (TPSA) is 89.2 Å². The Hall–Kier alpha value is -4.36. The van der Waals surface area contributed by atoms with E-state index in [1.54, 1.807) is 24.3 Å². The molecule has 0 atom stereocenters. The van der Waals surface area contributed by atoms with E-state index in [0.29, 0.717) is 16.3 Å². The van der Waals surface area contributed by atoms with E-state index in [0.717, 1.165) is 22.0 Å². The Morgan fingerprint density at radius 1 is 1.03 bits per heavy atom. The Morgan fingerprint density at radius 3 is 2.57 bits per heavy atom. The van der Waals surface area contributed by atoms with Crippen molar-refractivity contribution in [3.63, 3.8) is 0 Å². The molecule has 0 aliphatic carbocycles. The summed E-state index contributed by atoms with van der Waals surface area (Å²) in [5.41, 5.74) is 5.67. The van der Waals surface area contributed by atoms with Crippen LogP contribution in [0.25, 0.3) is 21.7 Å². The number of rotatable bonds is 5. The largest absolute Gasteiger partial charge is 0.292 e. The molecule has 2 aromatic heterocycles. The summed E-state index contributed by atoms with van der Waals surface area (Å²) in [7, 11) is 0. The first kappa shape index (κ1) is 22.4. The molecule has 8 heteroatoms. The van der Waals surface area contributed by atoms with Gasteiger partial charge >= 0.3 is 0 Å². The number of hydrogen-bond acceptors (Lipinski definition) is 5. The Balaban J connectivity index is 1.46. The van der Waals surface area contributed by atoms with Crippen LogP contribution in [0, 0.1) is 6.92 Å². The number of benzene rings is 3. The van der Waals surface area contributed by atoms with Crippen molar-refractivity contribution in [2.75, 3.05) is 0 Å². The number of hydrazone groups is 1. The van der Waals surface area contributed by atoms with Gasteiger partial charge in [0.05, 0.1) is 23.7 Å². The Labute approximate surface area is 205 Å². The molecule has 7 nitrogen and oxygen atoms in total. The van der Waals surface area contributed by atoms with Crippen molar-refractivity contribution in [2.24, 2.45) is 5.10 Å². The number of nitrogens with one attached hydrogen (secondary N) is 1. The number of amides is 1. The number of carbonyl (C=O) groups excluding carboxylic acids is 1. The quantitative estimate of drug-likeness (QED) is 0.223. The standard InChI is InChI=1S/C27H20ClN5O2/c1-17-11-12-19-14-20(25(28)30-23(19)13-17)15-29-31-26(34)24-21-9-5-6-10-22(21)27(35)33(32-24)16-18-7-3-2-4-8-18/h2-15H,16H2,1H3,(H,31,34)/b29-15-. The fourth-order valence-corrected chi connectivity index (χ4v) is 4.03. The first-order chi connectivity index (χ1) is 17.0. The first-order valence-electron chi connectivity index (χ1n) is 10.9. The van der Waals surface area contributed by atoms with Gasteiger partial charge in [-0.15, -0.1) is 0 Å². The molecule has 1 amide bonds. The molecule has 5 rings (SSSR count). The van der Waals surface area contributed by atoms with E-state index in [1.807, 2.05) is 61.5 Å². The van der Waals surface area contributed by atoms with Crippen LogP contribution in [0.4, 0.5) is 0 Å². The van der Waals surface area contributed by atoms with Crippen molar-refractivity contribution in [3.05, 3.63) is 117 Å². The van der Waals surface area contributed by atoms with Gasteiger partial charge in [0.2, 0.25) is 0 Å². The monoisotopic (exact) mass is 481 g/mol. The molecule has 0 fully saturated rings. The van der Waals surface area contributed by atoms with E-state index in [9.17, 15) is 9.59 Å². The van der Waals surface area contributed by atoms with E-state index in [4.69, 9.17) is 11.6 Å². The number of pyridine rings is 1. The van der Waals surface area contributed by atoms with Gasteiger partial charge in [-0.2, -0.15) is 10.2 Å². The average molecular weight is 482 g/mol. The molecule has 0 saturated heterocycles. The third-order valence-corrected chi connectivity index (χ3v) is 5.88. The van der Waals surface area contributed by atoms with Crippen molar-refractivity contribution in [3.8, 4) is 0 Å². The molecule has 0 saturated carbocycles. The highest BCUT2D eigenvalue weighted by Gasteiger charge is 2.16. The van der Waals surface area contributed by atoms with Gasteiger partial charge < -0.3 is 0 Å². The van der Waals surface area contributed by atoms with Crippen LogP contribution in [0.3, 0.4) is 0 Å². The second-order valence-corrected chi connectivity index (χ2v) is 8.46. The molecule has 0 bridgehead atoms. The van der Waals surface area contributed by atoms with Gasteiger partial charge in [0.1, 0.15) is 5.15 Å². The molecule has 2 heterocycles. The number of aromatic nitrogens is 3. The lowest BCUT2D eigenvalue weighted by atomic mass is 10.1. The molecule has 0 radical (unpaired) electrons. The van der Waals surface area contributed by atoms with Gasteiger partial charge in [-0.05, 0) is 36.2 Å². The van der Waals surface area contributed by atoms with Gasteiger partial charge in [-0.3, -0.25) is 9.59 Å². The van der Waals surface area contributed by atoms with E-state index in [-0.39, 0.29) is 23.0 Å². The molecule has 172 valence electrons. The summed E-state index contributed by atoms with van der Waals surface area (Å²) in [5.74, 6) is -0.542. The van der Waals surface area contributed by atoms with Crippen LogP contribution >= 0.6 is 11.6 Å². The predicted octanol–water partition coefficient (Wildman–Crippen LogP) is 4.72. The van der Waals surface area contributed by atoms with Crippen LogP contribution in [0.1, 0.15) is 27.2 Å². The summed E-state index contributed by atoms with van der Waals surface area (Å²) in [5, 5.41) is 10.5. The number of carbonyl (C=O) groups is 1. The number of nitrogens with zero attached hydrogens (tertiary/aromatic N) is 4. The van der Waals surface area contributed by atoms with Crippen LogP contribution in [-0.4, -0.2) is 26.9 Å². The fourth-order valence-electron chi connectivity index (χ4n) is 3.84. The van der Waals surface area contributed by atoms with E-state index in [1.165, 1.54) is 10.9 Å². The predicted molar refractivity (Wildman–Crippen MR) is 138 cm³/mol. The van der Waals surface area contributed by atoms with Crippen molar-refractivity contribution in [2.45, 2.75) is 13.5 Å². The summed E-state index contributed by atoms with van der Waals surface area (Å²) in [6.45, 7) is 2.23.